The van der Waals surface area contributed by atoms with Gasteiger partial charge in [-0.3, -0.25) is 16.3 Å². The van der Waals surface area contributed by atoms with Gasteiger partial charge in [0.25, 0.3) is 0 Å². The SMILES string of the molecule is CC1(C(Cc2ccccn2)NN)CC1. The summed E-state index contributed by atoms with van der Waals surface area (Å²) in [5.41, 5.74) is 4.42. The topological polar surface area (TPSA) is 50.9 Å². The monoisotopic (exact) mass is 191 g/mol. The molecule has 0 saturated heterocycles. The molecule has 76 valence electrons. The Morgan fingerprint density at radius 1 is 1.57 bits per heavy atom. The van der Waals surface area contributed by atoms with Crippen molar-refractivity contribution in [3.8, 4) is 0 Å². The van der Waals surface area contributed by atoms with Gasteiger partial charge in [-0.2, -0.15) is 0 Å². The molecule has 3 N–H and O–H groups in total. The van der Waals surface area contributed by atoms with E-state index >= 15 is 0 Å². The fraction of sp³-hybridized carbons (Fsp3) is 0.545. The van der Waals surface area contributed by atoms with Gasteiger partial charge in [0.1, 0.15) is 0 Å². The highest BCUT2D eigenvalue weighted by Gasteiger charge is 2.44. The van der Waals surface area contributed by atoms with Crippen LogP contribution in [-0.2, 0) is 6.42 Å². The van der Waals surface area contributed by atoms with Crippen LogP contribution in [0.15, 0.2) is 24.4 Å². The van der Waals surface area contributed by atoms with Gasteiger partial charge < -0.3 is 0 Å². The highest BCUT2D eigenvalue weighted by atomic mass is 15.2. The molecule has 1 heterocycles. The highest BCUT2D eigenvalue weighted by Crippen LogP contribution is 2.48. The van der Waals surface area contributed by atoms with Crippen LogP contribution in [0.25, 0.3) is 0 Å². The van der Waals surface area contributed by atoms with Crippen LogP contribution in [0.2, 0.25) is 0 Å². The van der Waals surface area contributed by atoms with Crippen molar-refractivity contribution < 1.29 is 0 Å². The van der Waals surface area contributed by atoms with Gasteiger partial charge in [-0.15, -0.1) is 0 Å². The number of rotatable bonds is 4. The number of aromatic nitrogens is 1. The molecule has 1 unspecified atom stereocenters. The van der Waals surface area contributed by atoms with Gasteiger partial charge in [0.2, 0.25) is 0 Å². The standard InChI is InChI=1S/C11H17N3/c1-11(5-6-11)10(14-12)8-9-4-2-3-7-13-9/h2-4,7,10,14H,5-6,8,12H2,1H3. The number of nitrogens with two attached hydrogens (primary N) is 1. The predicted octanol–water partition coefficient (Wildman–Crippen LogP) is 1.26. The molecule has 0 amide bonds. The summed E-state index contributed by atoms with van der Waals surface area (Å²) in [5.74, 6) is 5.57. The van der Waals surface area contributed by atoms with Gasteiger partial charge >= 0.3 is 0 Å². The van der Waals surface area contributed by atoms with E-state index in [9.17, 15) is 0 Å². The molecule has 3 nitrogen and oxygen atoms in total. The Morgan fingerprint density at radius 2 is 2.36 bits per heavy atom. The third kappa shape index (κ3) is 1.94. The Kier molecular flexibility index (Phi) is 2.52. The first kappa shape index (κ1) is 9.62. The van der Waals surface area contributed by atoms with Crippen molar-refractivity contribution in [1.82, 2.24) is 10.4 Å². The molecule has 14 heavy (non-hydrogen) atoms. The maximum atomic E-state index is 5.57. The van der Waals surface area contributed by atoms with Crippen LogP contribution in [0.5, 0.6) is 0 Å². The van der Waals surface area contributed by atoms with Gasteiger partial charge in [-0.25, -0.2) is 0 Å². The molecule has 1 saturated carbocycles. The number of nitrogens with one attached hydrogen (secondary N) is 1. The van der Waals surface area contributed by atoms with Gasteiger partial charge in [-0.1, -0.05) is 13.0 Å². The predicted molar refractivity (Wildman–Crippen MR) is 56.4 cm³/mol. The van der Waals surface area contributed by atoms with Crippen LogP contribution >= 0.6 is 0 Å². The lowest BCUT2D eigenvalue weighted by Gasteiger charge is -2.22. The van der Waals surface area contributed by atoms with Crippen molar-refractivity contribution in [2.75, 3.05) is 0 Å². The summed E-state index contributed by atoms with van der Waals surface area (Å²) in [6.45, 7) is 2.28. The first-order chi connectivity index (χ1) is 6.74. The van der Waals surface area contributed by atoms with Crippen LogP contribution in [0, 0.1) is 5.41 Å². The van der Waals surface area contributed by atoms with Gasteiger partial charge in [0.15, 0.2) is 0 Å². The van der Waals surface area contributed by atoms with Crippen molar-refractivity contribution in [1.29, 1.82) is 0 Å². The Labute approximate surface area is 84.7 Å². The fourth-order valence-electron chi connectivity index (χ4n) is 1.78. The van der Waals surface area contributed by atoms with E-state index in [0.29, 0.717) is 11.5 Å². The number of pyridine rings is 1. The highest BCUT2D eigenvalue weighted by molar-refractivity contribution is 5.09. The van der Waals surface area contributed by atoms with E-state index in [0.717, 1.165) is 12.1 Å². The third-order valence-corrected chi connectivity index (χ3v) is 3.22. The lowest BCUT2D eigenvalue weighted by atomic mass is 9.95. The minimum atomic E-state index is 0.359. The lowest BCUT2D eigenvalue weighted by Crippen LogP contribution is -2.42. The van der Waals surface area contributed by atoms with Crippen molar-refractivity contribution in [3.05, 3.63) is 30.1 Å². The molecule has 1 atom stereocenters. The van der Waals surface area contributed by atoms with Crippen LogP contribution < -0.4 is 11.3 Å². The summed E-state index contributed by atoms with van der Waals surface area (Å²) in [4.78, 5) is 4.31. The fourth-order valence-corrected chi connectivity index (χ4v) is 1.78. The van der Waals surface area contributed by atoms with Gasteiger partial charge in [0, 0.05) is 24.4 Å². The molecule has 1 aliphatic carbocycles. The molecular weight excluding hydrogens is 174 g/mol. The van der Waals surface area contributed by atoms with E-state index in [1.807, 2.05) is 18.3 Å². The van der Waals surface area contributed by atoms with Gasteiger partial charge in [0.05, 0.1) is 0 Å². The van der Waals surface area contributed by atoms with Crippen molar-refractivity contribution >= 4 is 0 Å². The van der Waals surface area contributed by atoms with Gasteiger partial charge in [-0.05, 0) is 30.4 Å². The van der Waals surface area contributed by atoms with Crippen LogP contribution in [-0.4, -0.2) is 11.0 Å². The number of hydrogen-bond acceptors (Lipinski definition) is 3. The molecule has 0 aliphatic heterocycles. The average Bonchev–Trinajstić information content (AvgIpc) is 2.95. The Morgan fingerprint density at radius 3 is 2.86 bits per heavy atom. The zero-order chi connectivity index (χ0) is 10.0. The minimum absolute atomic E-state index is 0.359. The quantitative estimate of drug-likeness (QED) is 0.556. The molecule has 0 radical (unpaired) electrons. The Bertz CT molecular complexity index is 293. The van der Waals surface area contributed by atoms with E-state index in [1.165, 1.54) is 12.8 Å². The first-order valence-corrected chi connectivity index (χ1v) is 5.11. The van der Waals surface area contributed by atoms with Crippen LogP contribution in [0.4, 0.5) is 0 Å². The van der Waals surface area contributed by atoms with Crippen molar-refractivity contribution in [2.24, 2.45) is 11.3 Å². The summed E-state index contributed by atoms with van der Waals surface area (Å²) in [5, 5.41) is 0. The summed E-state index contributed by atoms with van der Waals surface area (Å²) in [6.07, 6.45) is 5.30. The second-order valence-electron chi connectivity index (χ2n) is 4.40. The first-order valence-electron chi connectivity index (χ1n) is 5.11. The molecule has 0 bridgehead atoms. The maximum Gasteiger partial charge on any atom is 0.0419 e. The second-order valence-corrected chi connectivity index (χ2v) is 4.40. The largest absolute Gasteiger partial charge is 0.271 e. The average molecular weight is 191 g/mol. The van der Waals surface area contributed by atoms with Crippen molar-refractivity contribution in [2.45, 2.75) is 32.2 Å². The second kappa shape index (κ2) is 3.67. The maximum absolute atomic E-state index is 5.57. The van der Waals surface area contributed by atoms with Crippen molar-refractivity contribution in [3.63, 3.8) is 0 Å². The smallest absolute Gasteiger partial charge is 0.0419 e. The molecule has 2 rings (SSSR count). The van der Waals surface area contributed by atoms with E-state index < -0.39 is 0 Å². The zero-order valence-corrected chi connectivity index (χ0v) is 8.53. The summed E-state index contributed by atoms with van der Waals surface area (Å²) in [6, 6.07) is 6.37. The lowest BCUT2D eigenvalue weighted by molar-refractivity contribution is 0.357. The summed E-state index contributed by atoms with van der Waals surface area (Å²) in [7, 11) is 0. The number of hydrazine groups is 1. The van der Waals surface area contributed by atoms with E-state index in [-0.39, 0.29) is 0 Å². The molecule has 1 aromatic rings. The molecule has 0 spiro atoms. The molecule has 3 heteroatoms. The number of nitrogens with zero attached hydrogens (tertiary/aromatic N) is 1. The van der Waals surface area contributed by atoms with Crippen LogP contribution in [0.1, 0.15) is 25.5 Å². The normalized spacial score (nSPS) is 20.4. The molecule has 1 aliphatic rings. The third-order valence-electron chi connectivity index (χ3n) is 3.22. The van der Waals surface area contributed by atoms with E-state index in [1.54, 1.807) is 0 Å². The van der Waals surface area contributed by atoms with E-state index in [2.05, 4.69) is 23.4 Å². The summed E-state index contributed by atoms with van der Waals surface area (Å²) >= 11 is 0. The minimum Gasteiger partial charge on any atom is -0.271 e. The summed E-state index contributed by atoms with van der Waals surface area (Å²) < 4.78 is 0. The molecule has 0 aromatic carbocycles. The Hall–Kier alpha value is -0.930. The number of hydrogen-bond donors (Lipinski definition) is 2. The molecule has 1 fully saturated rings. The molecular formula is C11H17N3. The molecule has 1 aromatic heterocycles. The zero-order valence-electron chi connectivity index (χ0n) is 8.53. The van der Waals surface area contributed by atoms with Crippen LogP contribution in [0.3, 0.4) is 0 Å². The Balaban J connectivity index is 2.02. The van der Waals surface area contributed by atoms with E-state index in [4.69, 9.17) is 5.84 Å².